The van der Waals surface area contributed by atoms with Crippen LogP contribution in [0, 0.1) is 11.3 Å². The zero-order valence-electron chi connectivity index (χ0n) is 13.3. The monoisotopic (exact) mass is 343 g/mol. The van der Waals surface area contributed by atoms with Crippen molar-refractivity contribution in [2.24, 2.45) is 5.92 Å². The number of ether oxygens (including phenoxy) is 1. The number of benzene rings is 1. The van der Waals surface area contributed by atoms with Gasteiger partial charge >= 0.3 is 5.97 Å². The summed E-state index contributed by atoms with van der Waals surface area (Å²) in [7, 11) is 1.30. The van der Waals surface area contributed by atoms with Crippen molar-refractivity contribution in [3.8, 4) is 0 Å². The van der Waals surface area contributed by atoms with E-state index >= 15 is 0 Å². The van der Waals surface area contributed by atoms with Gasteiger partial charge in [0, 0.05) is 17.3 Å². The van der Waals surface area contributed by atoms with Gasteiger partial charge in [-0.3, -0.25) is 0 Å². The van der Waals surface area contributed by atoms with E-state index in [1.807, 2.05) is 30.3 Å². The van der Waals surface area contributed by atoms with Gasteiger partial charge in [-0.2, -0.15) is 0 Å². The van der Waals surface area contributed by atoms with Gasteiger partial charge in [0.2, 0.25) is 0 Å². The second-order valence-corrected chi connectivity index (χ2v) is 6.14. The summed E-state index contributed by atoms with van der Waals surface area (Å²) in [6.07, 6.45) is 3.09. The van der Waals surface area contributed by atoms with Crippen LogP contribution in [-0.4, -0.2) is 23.8 Å². The van der Waals surface area contributed by atoms with Crippen LogP contribution in [0.4, 0.5) is 11.5 Å². The Hall–Kier alpha value is -2.40. The van der Waals surface area contributed by atoms with Gasteiger partial charge in [0.25, 0.3) is 0 Å². The molecule has 1 fully saturated rings. The van der Waals surface area contributed by atoms with Crippen LogP contribution >= 0.6 is 11.6 Å². The van der Waals surface area contributed by atoms with Crippen molar-refractivity contribution in [2.75, 3.05) is 12.4 Å². The van der Waals surface area contributed by atoms with Crippen LogP contribution in [-0.2, 0) is 4.74 Å². The fourth-order valence-electron chi connectivity index (χ4n) is 2.63. The van der Waals surface area contributed by atoms with Crippen molar-refractivity contribution >= 4 is 34.8 Å². The average Bonchev–Trinajstić information content (AvgIpc) is 2.52. The minimum absolute atomic E-state index is 0.117. The number of methoxy groups -OCH3 is 1. The molecule has 24 heavy (non-hydrogen) atoms. The van der Waals surface area contributed by atoms with Crippen molar-refractivity contribution in [3.05, 3.63) is 52.7 Å². The third-order valence-corrected chi connectivity index (χ3v) is 4.48. The first-order valence-electron chi connectivity index (χ1n) is 7.80. The van der Waals surface area contributed by atoms with E-state index in [1.165, 1.54) is 13.2 Å². The Morgan fingerprint density at radius 2 is 2.04 bits per heavy atom. The number of hydrogen-bond donors (Lipinski definition) is 2. The molecule has 2 aromatic rings. The largest absolute Gasteiger partial charge is 0.464 e. The smallest absolute Gasteiger partial charge is 0.356 e. The van der Waals surface area contributed by atoms with Crippen LogP contribution in [0.5, 0.6) is 0 Å². The molecule has 2 N–H and O–H groups in total. The molecule has 0 unspecified atom stereocenters. The summed E-state index contributed by atoms with van der Waals surface area (Å²) in [6, 6.07) is 10.9. The highest BCUT2D eigenvalue weighted by Gasteiger charge is 2.28. The summed E-state index contributed by atoms with van der Waals surface area (Å²) in [6.45, 7) is 0. The molecule has 0 spiro atoms. The second-order valence-electron chi connectivity index (χ2n) is 5.74. The highest BCUT2D eigenvalue weighted by molar-refractivity contribution is 6.35. The average molecular weight is 344 g/mol. The molecule has 124 valence electrons. The lowest BCUT2D eigenvalue weighted by molar-refractivity contribution is 0.0594. The van der Waals surface area contributed by atoms with Gasteiger partial charge in [0.1, 0.15) is 5.82 Å². The van der Waals surface area contributed by atoms with E-state index in [9.17, 15) is 4.79 Å². The summed E-state index contributed by atoms with van der Waals surface area (Å²) in [5.74, 6) is 0.0466. The lowest BCUT2D eigenvalue weighted by Gasteiger charge is -2.27. The van der Waals surface area contributed by atoms with E-state index in [4.69, 9.17) is 21.7 Å². The molecule has 0 amide bonds. The topological polar surface area (TPSA) is 75.1 Å². The summed E-state index contributed by atoms with van der Waals surface area (Å²) in [5, 5.41) is 12.0. The highest BCUT2D eigenvalue weighted by Crippen LogP contribution is 2.35. The molecular weight excluding hydrogens is 326 g/mol. The molecule has 0 saturated heterocycles. The highest BCUT2D eigenvalue weighted by atomic mass is 35.5. The van der Waals surface area contributed by atoms with Crippen molar-refractivity contribution in [1.29, 1.82) is 5.41 Å². The van der Waals surface area contributed by atoms with Crippen LogP contribution < -0.4 is 5.32 Å². The summed E-state index contributed by atoms with van der Waals surface area (Å²) >= 11 is 6.39. The Morgan fingerprint density at radius 3 is 2.62 bits per heavy atom. The fourth-order valence-corrected chi connectivity index (χ4v) is 2.92. The minimum atomic E-state index is -0.560. The lowest BCUT2D eigenvalue weighted by atomic mass is 9.79. The molecule has 0 radical (unpaired) electrons. The minimum Gasteiger partial charge on any atom is -0.464 e. The first-order valence-corrected chi connectivity index (χ1v) is 8.17. The van der Waals surface area contributed by atoms with Gasteiger partial charge < -0.3 is 15.5 Å². The molecule has 6 heteroatoms. The molecular formula is C18H18ClN3O2. The van der Waals surface area contributed by atoms with E-state index in [-0.39, 0.29) is 11.6 Å². The predicted octanol–water partition coefficient (Wildman–Crippen LogP) is 4.43. The second kappa shape index (κ2) is 7.01. The Morgan fingerprint density at radius 1 is 1.33 bits per heavy atom. The molecule has 5 nitrogen and oxygen atoms in total. The van der Waals surface area contributed by atoms with Crippen molar-refractivity contribution in [1.82, 2.24) is 4.98 Å². The van der Waals surface area contributed by atoms with Crippen molar-refractivity contribution in [3.63, 3.8) is 0 Å². The van der Waals surface area contributed by atoms with Crippen molar-refractivity contribution in [2.45, 2.75) is 19.3 Å². The first kappa shape index (κ1) is 16.5. The summed E-state index contributed by atoms with van der Waals surface area (Å²) < 4.78 is 4.74. The number of para-hydroxylation sites is 1. The number of pyridine rings is 1. The molecule has 0 aliphatic heterocycles. The number of rotatable bonds is 5. The van der Waals surface area contributed by atoms with E-state index < -0.39 is 5.97 Å². The number of carbonyl (C=O) groups excluding carboxylic acids is 1. The van der Waals surface area contributed by atoms with Crippen LogP contribution in [0.3, 0.4) is 0 Å². The molecule has 3 rings (SSSR count). The third-order valence-electron chi connectivity index (χ3n) is 4.19. The fraction of sp³-hybridized carbons (Fsp3) is 0.278. The van der Waals surface area contributed by atoms with Gasteiger partial charge in [-0.25, -0.2) is 9.78 Å². The summed E-state index contributed by atoms with van der Waals surface area (Å²) in [5.41, 5.74) is 1.95. The number of nitrogens with one attached hydrogen (secondary N) is 2. The molecule has 0 bridgehead atoms. The Kier molecular flexibility index (Phi) is 4.81. The van der Waals surface area contributed by atoms with E-state index in [2.05, 4.69) is 10.3 Å². The normalized spacial score (nSPS) is 13.9. The third kappa shape index (κ3) is 3.26. The van der Waals surface area contributed by atoms with Crippen LogP contribution in [0.2, 0.25) is 5.02 Å². The first-order chi connectivity index (χ1) is 11.6. The zero-order valence-corrected chi connectivity index (χ0v) is 14.1. The molecule has 1 aromatic heterocycles. The Labute approximate surface area is 145 Å². The quantitative estimate of drug-likeness (QED) is 0.622. The lowest BCUT2D eigenvalue weighted by Crippen LogP contribution is -2.24. The SMILES string of the molecule is COC(=O)c1cc(Cl)c(C(=N)C2CCC2)c(Nc2ccccc2)n1. The molecule has 1 saturated carbocycles. The maximum absolute atomic E-state index is 11.8. The molecule has 1 aliphatic carbocycles. The molecule has 1 aromatic carbocycles. The number of carbonyl (C=O) groups is 1. The van der Waals surface area contributed by atoms with E-state index in [0.717, 1.165) is 24.9 Å². The number of anilines is 2. The zero-order chi connectivity index (χ0) is 17.1. The van der Waals surface area contributed by atoms with Gasteiger partial charge in [-0.15, -0.1) is 0 Å². The van der Waals surface area contributed by atoms with Gasteiger partial charge in [0.05, 0.1) is 17.7 Å². The van der Waals surface area contributed by atoms with Crippen molar-refractivity contribution < 1.29 is 9.53 Å². The Bertz CT molecular complexity index is 773. The van der Waals surface area contributed by atoms with Gasteiger partial charge in [-0.05, 0) is 31.0 Å². The number of aromatic nitrogens is 1. The van der Waals surface area contributed by atoms with Gasteiger partial charge in [-0.1, -0.05) is 36.2 Å². The maximum Gasteiger partial charge on any atom is 0.356 e. The summed E-state index contributed by atoms with van der Waals surface area (Å²) in [4.78, 5) is 16.2. The maximum atomic E-state index is 11.8. The Balaban J connectivity index is 2.05. The van der Waals surface area contributed by atoms with Crippen LogP contribution in [0.15, 0.2) is 36.4 Å². The molecule has 1 heterocycles. The number of halogens is 1. The van der Waals surface area contributed by atoms with Crippen LogP contribution in [0.1, 0.15) is 35.3 Å². The van der Waals surface area contributed by atoms with Crippen LogP contribution in [0.25, 0.3) is 0 Å². The van der Waals surface area contributed by atoms with E-state index in [1.54, 1.807) is 0 Å². The number of esters is 1. The van der Waals surface area contributed by atoms with Gasteiger partial charge in [0.15, 0.2) is 5.69 Å². The standard InChI is InChI=1S/C18H18ClN3O2/c1-24-18(23)14-10-13(19)15(16(20)11-6-5-7-11)17(22-14)21-12-8-3-2-4-9-12/h2-4,8-11,20H,5-7H2,1H3,(H,21,22). The molecule has 1 aliphatic rings. The number of nitrogens with zero attached hydrogens (tertiary/aromatic N) is 1. The number of hydrogen-bond acceptors (Lipinski definition) is 5. The molecule has 0 atom stereocenters. The van der Waals surface area contributed by atoms with E-state index in [0.29, 0.717) is 22.1 Å². The predicted molar refractivity (Wildman–Crippen MR) is 94.5 cm³/mol.